The molecule has 0 spiro atoms. The van der Waals surface area contributed by atoms with Gasteiger partial charge in [-0.15, -0.1) is 0 Å². The maximum Gasteiger partial charge on any atom is 0.228 e. The summed E-state index contributed by atoms with van der Waals surface area (Å²) in [5.74, 6) is -1.33. The Hall–Kier alpha value is -10.6. The van der Waals surface area contributed by atoms with Gasteiger partial charge in [-0.25, -0.2) is 45.1 Å². The van der Waals surface area contributed by atoms with E-state index in [1.807, 2.05) is 40.1 Å². The topological polar surface area (TPSA) is 114 Å². The van der Waals surface area contributed by atoms with E-state index in [1.54, 1.807) is 71.2 Å². The highest BCUT2D eigenvalue weighted by Crippen LogP contribution is 2.37. The fourth-order valence-corrected chi connectivity index (χ4v) is 10.8. The van der Waals surface area contributed by atoms with Crippen molar-refractivity contribution in [2.45, 2.75) is 85.1 Å². The molecule has 0 N–H and O–H groups in total. The first-order valence-electron chi connectivity index (χ1n) is 30.8. The number of aromatic nitrogens is 4. The summed E-state index contributed by atoms with van der Waals surface area (Å²) in [5, 5.41) is 0. The van der Waals surface area contributed by atoms with Crippen LogP contribution in [0.5, 0.6) is 28.7 Å². The Morgan fingerprint density at radius 3 is 1.26 bits per heavy atom. The number of halogens is 8. The number of fused-ring (bicyclic) bond motifs is 5. The lowest BCUT2D eigenvalue weighted by atomic mass is 9.86. The third kappa shape index (κ3) is 16.6. The first-order valence-corrected chi connectivity index (χ1v) is 30.8. The predicted molar refractivity (Wildman–Crippen MR) is 351 cm³/mol. The monoisotopic (exact) mass is 1320 g/mol. The normalized spacial score (nSPS) is 14.2. The summed E-state index contributed by atoms with van der Waals surface area (Å²) in [6.07, 6.45) is 10.1. The number of ether oxygens (including phenoxy) is 5. The highest BCUT2D eigenvalue weighted by molar-refractivity contribution is 5.55. The van der Waals surface area contributed by atoms with Crippen LogP contribution in [-0.2, 0) is 43.6 Å². The minimum Gasteiger partial charge on any atom is -0.473 e. The molecule has 0 atom stereocenters. The third-order valence-electron chi connectivity index (χ3n) is 16.1. The molecule has 0 amide bonds. The standard InChI is InChI=1S/C18H19F2NO.C18H20FNO.C13H10F2N2O.C13H11FN2O.C12H9F2N3O/c1-18(2,3)13-4-7-17-12(8-13)10-21(11-22-17)16-6-5-14(19)9-15(16)20;1-18(2,3)14-4-9-17-13(10-14)11-20(12-21-17)16-7-5-15(19)6-8-16;14-11-5-9-7-17(10-1-3-16-4-2-10)8-18-13(9)6-12(11)15;14-11-3-4-13-10(6-11)8-16(9-17-13)12-2-1-5-15-7-12;13-9-4-8-6-17(12-15-2-1-3-16-12)7-18-11(8)5-10(9)14/h4-9H,10-11H2,1-3H3;4-10H,11-12H2,1-3H3;1-6H,7-8H2;1-7H,8-9H2;1-5H,6-7H2. The quantitative estimate of drug-likeness (QED) is 0.152. The highest BCUT2D eigenvalue weighted by atomic mass is 19.2. The summed E-state index contributed by atoms with van der Waals surface area (Å²) in [4.78, 5) is 25.7. The molecule has 496 valence electrons. The molecule has 8 heterocycles. The van der Waals surface area contributed by atoms with E-state index in [9.17, 15) is 35.1 Å². The molecule has 0 radical (unpaired) electrons. The van der Waals surface area contributed by atoms with Crippen LogP contribution in [0.2, 0.25) is 0 Å². The van der Waals surface area contributed by atoms with Crippen molar-refractivity contribution in [1.29, 1.82) is 0 Å². The fraction of sp³-hybridized carbons (Fsp3) is 0.243. The molecule has 22 heteroatoms. The van der Waals surface area contributed by atoms with Crippen molar-refractivity contribution in [3.8, 4) is 28.7 Å². The lowest BCUT2D eigenvalue weighted by molar-refractivity contribution is 0.283. The maximum absolute atomic E-state index is 13.9. The fourth-order valence-electron chi connectivity index (χ4n) is 10.8. The largest absolute Gasteiger partial charge is 0.473 e. The lowest BCUT2D eigenvalue weighted by Gasteiger charge is -2.32. The van der Waals surface area contributed by atoms with E-state index in [-0.39, 0.29) is 35.9 Å². The molecule has 0 bridgehead atoms. The van der Waals surface area contributed by atoms with Crippen LogP contribution in [-0.4, -0.2) is 53.6 Å². The van der Waals surface area contributed by atoms with Crippen molar-refractivity contribution in [3.05, 3.63) is 274 Å². The molecule has 15 rings (SSSR count). The minimum absolute atomic E-state index is 0.0401. The molecule has 0 unspecified atom stereocenters. The molecule has 0 saturated heterocycles. The van der Waals surface area contributed by atoms with Gasteiger partial charge in [0.15, 0.2) is 56.9 Å². The summed E-state index contributed by atoms with van der Waals surface area (Å²) in [7, 11) is 0. The lowest BCUT2D eigenvalue weighted by Crippen LogP contribution is -2.33. The maximum atomic E-state index is 13.9. The Kier molecular flexibility index (Phi) is 20.4. The SMILES string of the molecule is CC(C)(C)c1ccc2c(c1)CN(c1ccc(F)cc1)CO2.CC(C)(C)c1ccc2c(c1)CN(c1ccc(F)cc1F)CO2.Fc1cc2c(cc1F)OCN(c1ccncc1)C2.Fc1cc2c(cc1F)OCN(c1ncccn1)C2.Fc1ccc2c(c1)CN(c1cccnc1)CO2. The van der Waals surface area contributed by atoms with Gasteiger partial charge in [0.05, 0.1) is 24.1 Å². The van der Waals surface area contributed by atoms with Gasteiger partial charge in [0.2, 0.25) is 5.95 Å². The first-order chi connectivity index (χ1) is 46.1. The highest BCUT2D eigenvalue weighted by Gasteiger charge is 2.27. The predicted octanol–water partition coefficient (Wildman–Crippen LogP) is 16.5. The Bertz CT molecular complexity index is 4200. The average molecular weight is 1320 g/mol. The molecular weight excluding hydrogens is 1250 g/mol. The Labute approximate surface area is 551 Å². The van der Waals surface area contributed by atoms with Crippen LogP contribution in [0, 0.1) is 46.5 Å². The molecule has 5 aliphatic rings. The number of hydrogen-bond donors (Lipinski definition) is 0. The molecule has 7 aromatic carbocycles. The molecule has 3 aromatic heterocycles. The van der Waals surface area contributed by atoms with Crippen molar-refractivity contribution >= 4 is 28.7 Å². The van der Waals surface area contributed by atoms with Crippen LogP contribution in [0.15, 0.2) is 189 Å². The van der Waals surface area contributed by atoms with Crippen molar-refractivity contribution in [3.63, 3.8) is 0 Å². The zero-order valence-electron chi connectivity index (χ0n) is 53.6. The van der Waals surface area contributed by atoms with Gasteiger partial charge >= 0.3 is 0 Å². The van der Waals surface area contributed by atoms with Gasteiger partial charge in [-0.05, 0) is 143 Å². The van der Waals surface area contributed by atoms with E-state index in [0.717, 1.165) is 76.2 Å². The van der Waals surface area contributed by atoms with Crippen molar-refractivity contribution < 1.29 is 58.8 Å². The zero-order valence-corrected chi connectivity index (χ0v) is 53.6. The number of pyridine rings is 2. The van der Waals surface area contributed by atoms with E-state index in [1.165, 1.54) is 59.2 Å². The molecule has 0 saturated carbocycles. The average Bonchev–Trinajstić information content (AvgIpc) is 0.845. The number of nitrogens with zero attached hydrogens (tertiary/aromatic N) is 9. The van der Waals surface area contributed by atoms with Gasteiger partial charge in [0, 0.05) is 115 Å². The van der Waals surface area contributed by atoms with Crippen molar-refractivity contribution in [2.75, 3.05) is 58.2 Å². The Morgan fingerprint density at radius 1 is 0.323 bits per heavy atom. The second-order valence-electron chi connectivity index (χ2n) is 25.0. The summed E-state index contributed by atoms with van der Waals surface area (Å²) >= 11 is 0. The van der Waals surface area contributed by atoms with Crippen LogP contribution in [0.3, 0.4) is 0 Å². The summed E-state index contributed by atoms with van der Waals surface area (Å²) in [6, 6.07) is 41.0. The second-order valence-corrected chi connectivity index (χ2v) is 25.0. The summed E-state index contributed by atoms with van der Waals surface area (Å²) in [5.41, 5.74) is 10.2. The van der Waals surface area contributed by atoms with Crippen molar-refractivity contribution in [2.24, 2.45) is 0 Å². The molecule has 0 fully saturated rings. The first kappa shape index (κ1) is 66.8. The van der Waals surface area contributed by atoms with Gasteiger partial charge in [0.25, 0.3) is 0 Å². The van der Waals surface area contributed by atoms with E-state index in [4.69, 9.17) is 23.7 Å². The van der Waals surface area contributed by atoms with E-state index in [2.05, 4.69) is 96.7 Å². The van der Waals surface area contributed by atoms with Crippen LogP contribution < -0.4 is 48.2 Å². The summed E-state index contributed by atoms with van der Waals surface area (Å²) < 4.78 is 133. The molecule has 14 nitrogen and oxygen atoms in total. The van der Waals surface area contributed by atoms with Gasteiger partial charge in [-0.1, -0.05) is 53.7 Å². The Morgan fingerprint density at radius 2 is 0.740 bits per heavy atom. The smallest absolute Gasteiger partial charge is 0.228 e. The minimum atomic E-state index is -0.904. The van der Waals surface area contributed by atoms with E-state index >= 15 is 0 Å². The number of anilines is 5. The molecule has 0 aliphatic carbocycles. The summed E-state index contributed by atoms with van der Waals surface area (Å²) in [6.45, 7) is 17.6. The Balaban J connectivity index is 0.000000122. The van der Waals surface area contributed by atoms with Crippen LogP contribution in [0.25, 0.3) is 0 Å². The van der Waals surface area contributed by atoms with Crippen LogP contribution in [0.4, 0.5) is 63.8 Å². The molecule has 10 aromatic rings. The van der Waals surface area contributed by atoms with Crippen LogP contribution in [0.1, 0.15) is 80.5 Å². The molecule has 96 heavy (non-hydrogen) atoms. The molecular formula is C74H69F8N9O5. The number of hydrogen-bond acceptors (Lipinski definition) is 14. The van der Waals surface area contributed by atoms with Gasteiger partial charge < -0.3 is 48.2 Å². The number of rotatable bonds is 5. The van der Waals surface area contributed by atoms with Gasteiger partial charge in [-0.3, -0.25) is 9.97 Å². The van der Waals surface area contributed by atoms with E-state index < -0.39 is 34.9 Å². The third-order valence-corrected chi connectivity index (χ3v) is 16.1. The number of benzene rings is 7. The van der Waals surface area contributed by atoms with Gasteiger partial charge in [0.1, 0.15) is 52.0 Å². The second kappa shape index (κ2) is 29.3. The van der Waals surface area contributed by atoms with Crippen molar-refractivity contribution in [1.82, 2.24) is 19.9 Å². The van der Waals surface area contributed by atoms with E-state index in [0.29, 0.717) is 80.6 Å². The van der Waals surface area contributed by atoms with Gasteiger partial charge in [-0.2, -0.15) is 0 Å². The molecule has 5 aliphatic heterocycles. The van der Waals surface area contributed by atoms with Crippen LogP contribution >= 0.6 is 0 Å². The zero-order chi connectivity index (χ0) is 67.7.